The van der Waals surface area contributed by atoms with E-state index in [0.29, 0.717) is 35.5 Å². The van der Waals surface area contributed by atoms with Crippen molar-refractivity contribution in [1.82, 2.24) is 24.3 Å². The molecule has 0 radical (unpaired) electrons. The van der Waals surface area contributed by atoms with Crippen molar-refractivity contribution >= 4 is 23.2 Å². The van der Waals surface area contributed by atoms with Crippen LogP contribution in [-0.2, 0) is 16.6 Å². The van der Waals surface area contributed by atoms with Crippen LogP contribution in [0.2, 0.25) is 0 Å². The van der Waals surface area contributed by atoms with E-state index >= 15 is 0 Å². The predicted octanol–water partition coefficient (Wildman–Crippen LogP) is 2.98. The van der Waals surface area contributed by atoms with E-state index in [1.54, 1.807) is 6.20 Å². The van der Waals surface area contributed by atoms with Gasteiger partial charge in [-0.25, -0.2) is 19.9 Å². The van der Waals surface area contributed by atoms with Gasteiger partial charge >= 0.3 is 0 Å². The summed E-state index contributed by atoms with van der Waals surface area (Å²) in [6.07, 6.45) is 8.13. The Morgan fingerprint density at radius 1 is 1.19 bits per heavy atom. The number of benzene rings is 1. The van der Waals surface area contributed by atoms with Gasteiger partial charge in [-0.05, 0) is 31.2 Å². The molecule has 0 saturated heterocycles. The molecule has 1 aromatic carbocycles. The molecule has 154 valence electrons. The van der Waals surface area contributed by atoms with E-state index in [1.165, 1.54) is 0 Å². The van der Waals surface area contributed by atoms with Crippen molar-refractivity contribution in [2.75, 3.05) is 11.1 Å². The minimum absolute atomic E-state index is 0.0501. The fraction of sp³-hybridized carbons (Fsp3) is 0.261. The number of anilines is 2. The first-order valence-corrected chi connectivity index (χ1v) is 10.4. The van der Waals surface area contributed by atoms with Crippen LogP contribution in [0.15, 0.2) is 48.9 Å². The van der Waals surface area contributed by atoms with Gasteiger partial charge in [-0.2, -0.15) is 0 Å². The van der Waals surface area contributed by atoms with Crippen LogP contribution in [0.5, 0.6) is 0 Å². The van der Waals surface area contributed by atoms with Crippen LogP contribution in [-0.4, -0.2) is 30.2 Å². The van der Waals surface area contributed by atoms with Gasteiger partial charge in [-0.15, -0.1) is 0 Å². The van der Waals surface area contributed by atoms with Gasteiger partial charge < -0.3 is 15.5 Å². The number of aromatic nitrogens is 5. The van der Waals surface area contributed by atoms with Crippen molar-refractivity contribution in [2.45, 2.75) is 31.6 Å². The second-order valence-electron chi connectivity index (χ2n) is 8.48. The zero-order valence-electron chi connectivity index (χ0n) is 17.0. The smallest absolute Gasteiger partial charge is 0.236 e. The molecular weight excluding hydrogens is 390 g/mol. The maximum atomic E-state index is 12.8. The summed E-state index contributed by atoms with van der Waals surface area (Å²) in [4.78, 5) is 31.3. The predicted molar refractivity (Wildman–Crippen MR) is 116 cm³/mol. The normalized spacial score (nSPS) is 20.1. The Hall–Kier alpha value is -3.81. The molecule has 0 spiro atoms. The summed E-state index contributed by atoms with van der Waals surface area (Å²) in [5.74, 6) is 1.47. The second-order valence-corrected chi connectivity index (χ2v) is 8.48. The minimum atomic E-state index is -0.655. The summed E-state index contributed by atoms with van der Waals surface area (Å²) < 4.78 is 1.92. The van der Waals surface area contributed by atoms with Crippen molar-refractivity contribution in [2.24, 2.45) is 5.92 Å². The van der Waals surface area contributed by atoms with Crippen LogP contribution in [0, 0.1) is 5.92 Å². The second kappa shape index (κ2) is 6.34. The van der Waals surface area contributed by atoms with E-state index in [2.05, 4.69) is 32.4 Å². The molecule has 1 saturated carbocycles. The average molecular weight is 411 g/mol. The highest BCUT2D eigenvalue weighted by atomic mass is 16.2. The van der Waals surface area contributed by atoms with Gasteiger partial charge in [-0.1, -0.05) is 30.3 Å². The van der Waals surface area contributed by atoms with Gasteiger partial charge in [0.1, 0.15) is 17.3 Å². The maximum absolute atomic E-state index is 12.8. The van der Waals surface area contributed by atoms with E-state index in [1.807, 2.05) is 41.9 Å². The highest BCUT2D eigenvalue weighted by Crippen LogP contribution is 2.53. The first-order chi connectivity index (χ1) is 15.0. The van der Waals surface area contributed by atoms with Crippen LogP contribution in [0.25, 0.3) is 17.2 Å². The summed E-state index contributed by atoms with van der Waals surface area (Å²) in [7, 11) is 0. The lowest BCUT2D eigenvalue weighted by Gasteiger charge is -2.22. The lowest BCUT2D eigenvalue weighted by atomic mass is 9.79. The standard InChI is InChI=1S/C23H21N7O/c1-23(14-7-8-14)17-18(24)27-19(28-20(17)29-22(23)31)16-12-30-10-9-25-21(30)15(26-16)11-13-5-3-2-4-6-13/h2-6,9-10,12,14H,7-8,11H2,1H3,(H3,24,27,28,29,31). The van der Waals surface area contributed by atoms with Crippen molar-refractivity contribution < 1.29 is 4.79 Å². The number of nitrogens with one attached hydrogen (secondary N) is 1. The Morgan fingerprint density at radius 3 is 2.77 bits per heavy atom. The van der Waals surface area contributed by atoms with E-state index in [9.17, 15) is 4.79 Å². The third-order valence-electron chi connectivity index (χ3n) is 6.44. The zero-order valence-corrected chi connectivity index (χ0v) is 17.0. The van der Waals surface area contributed by atoms with Crippen LogP contribution >= 0.6 is 0 Å². The molecule has 8 heteroatoms. The van der Waals surface area contributed by atoms with Gasteiger partial charge in [0, 0.05) is 25.0 Å². The lowest BCUT2D eigenvalue weighted by molar-refractivity contribution is -0.120. The van der Waals surface area contributed by atoms with Crippen LogP contribution < -0.4 is 11.1 Å². The van der Waals surface area contributed by atoms with Gasteiger partial charge in [0.25, 0.3) is 0 Å². The third-order valence-corrected chi connectivity index (χ3v) is 6.44. The Bertz CT molecular complexity index is 1340. The monoisotopic (exact) mass is 411 g/mol. The number of nitrogen functional groups attached to an aromatic ring is 1. The number of amides is 1. The van der Waals surface area contributed by atoms with Crippen molar-refractivity contribution in [3.63, 3.8) is 0 Å². The van der Waals surface area contributed by atoms with Crippen molar-refractivity contribution in [3.05, 3.63) is 65.7 Å². The van der Waals surface area contributed by atoms with Gasteiger partial charge in [0.05, 0.1) is 16.7 Å². The molecule has 4 heterocycles. The van der Waals surface area contributed by atoms with E-state index in [4.69, 9.17) is 10.7 Å². The highest BCUT2D eigenvalue weighted by Gasteiger charge is 2.55. The Balaban J connectivity index is 1.47. The largest absolute Gasteiger partial charge is 0.383 e. The molecule has 8 nitrogen and oxygen atoms in total. The molecule has 1 amide bonds. The summed E-state index contributed by atoms with van der Waals surface area (Å²) in [5, 5.41) is 2.93. The summed E-state index contributed by atoms with van der Waals surface area (Å²) in [6, 6.07) is 10.1. The molecule has 3 aromatic heterocycles. The summed E-state index contributed by atoms with van der Waals surface area (Å²) in [6.45, 7) is 1.94. The number of hydrogen-bond donors (Lipinski definition) is 2. The van der Waals surface area contributed by atoms with Crippen molar-refractivity contribution in [3.8, 4) is 11.5 Å². The molecule has 6 rings (SSSR count). The topological polar surface area (TPSA) is 111 Å². The van der Waals surface area contributed by atoms with E-state index in [-0.39, 0.29) is 5.91 Å². The quantitative estimate of drug-likeness (QED) is 0.534. The Labute approximate surface area is 178 Å². The van der Waals surface area contributed by atoms with Crippen molar-refractivity contribution in [1.29, 1.82) is 0 Å². The number of hydrogen-bond acceptors (Lipinski definition) is 6. The molecular formula is C23H21N7O. The SMILES string of the molecule is CC1(C2CC2)C(=O)Nc2nc(-c3cn4ccnc4c(Cc4ccccc4)n3)nc(N)c21. The molecule has 2 aliphatic rings. The molecule has 1 aliphatic carbocycles. The number of nitrogens with two attached hydrogens (primary N) is 1. The van der Waals surface area contributed by atoms with Crippen LogP contribution in [0.3, 0.4) is 0 Å². The van der Waals surface area contributed by atoms with Gasteiger partial charge in [0.2, 0.25) is 5.91 Å². The molecule has 1 fully saturated rings. The summed E-state index contributed by atoms with van der Waals surface area (Å²) >= 11 is 0. The maximum Gasteiger partial charge on any atom is 0.236 e. The fourth-order valence-electron chi connectivity index (χ4n) is 4.61. The van der Waals surface area contributed by atoms with Crippen LogP contribution in [0.1, 0.15) is 36.6 Å². The molecule has 3 N–H and O–H groups in total. The number of nitrogens with zero attached hydrogens (tertiary/aromatic N) is 5. The lowest BCUT2D eigenvalue weighted by Crippen LogP contribution is -2.33. The molecule has 1 aliphatic heterocycles. The Morgan fingerprint density at radius 2 is 2.00 bits per heavy atom. The average Bonchev–Trinajstić information content (AvgIpc) is 3.45. The van der Waals surface area contributed by atoms with Crippen LogP contribution in [0.4, 0.5) is 11.6 Å². The molecule has 4 aromatic rings. The number of carbonyl (C=O) groups excluding carboxylic acids is 1. The Kier molecular flexibility index (Phi) is 3.68. The number of fused-ring (bicyclic) bond motifs is 2. The molecule has 31 heavy (non-hydrogen) atoms. The first kappa shape index (κ1) is 18.0. The fourth-order valence-corrected chi connectivity index (χ4v) is 4.61. The molecule has 0 bridgehead atoms. The van der Waals surface area contributed by atoms with E-state index in [0.717, 1.165) is 35.3 Å². The molecule has 1 atom stereocenters. The molecule has 1 unspecified atom stereocenters. The highest BCUT2D eigenvalue weighted by molar-refractivity contribution is 6.07. The number of imidazole rings is 1. The third kappa shape index (κ3) is 2.71. The van der Waals surface area contributed by atoms with Gasteiger partial charge in [0.15, 0.2) is 11.5 Å². The van der Waals surface area contributed by atoms with E-state index < -0.39 is 5.41 Å². The number of carbonyl (C=O) groups is 1. The first-order valence-electron chi connectivity index (χ1n) is 10.4. The number of rotatable bonds is 4. The van der Waals surface area contributed by atoms with Gasteiger partial charge in [-0.3, -0.25) is 4.79 Å². The minimum Gasteiger partial charge on any atom is -0.383 e. The zero-order chi connectivity index (χ0) is 21.2. The summed E-state index contributed by atoms with van der Waals surface area (Å²) in [5.41, 5.74) is 9.77.